The number of hydrogen-bond acceptors (Lipinski definition) is 1. The number of allylic oxidation sites excluding steroid dienone is 3. The maximum Gasteiger partial charge on any atom is 0.167 e. The first-order valence-corrected chi connectivity index (χ1v) is 6.37. The highest BCUT2D eigenvalue weighted by Crippen LogP contribution is 2.45. The maximum absolute atomic E-state index is 14.5. The third kappa shape index (κ3) is 3.02. The molecule has 3 atom stereocenters. The fraction of sp³-hybridized carbons (Fsp3) is 0.714. The summed E-state index contributed by atoms with van der Waals surface area (Å²) in [5, 5.41) is 0. The zero-order valence-corrected chi connectivity index (χ0v) is 11.7. The van der Waals surface area contributed by atoms with E-state index in [1.54, 1.807) is 6.92 Å². The van der Waals surface area contributed by atoms with E-state index >= 15 is 0 Å². The van der Waals surface area contributed by atoms with Gasteiger partial charge in [-0.05, 0) is 19.3 Å². The van der Waals surface area contributed by atoms with Gasteiger partial charge in [-0.3, -0.25) is 0 Å². The van der Waals surface area contributed by atoms with Gasteiger partial charge in [0.25, 0.3) is 0 Å². The van der Waals surface area contributed by atoms with Crippen LogP contribution in [0.5, 0.6) is 0 Å². The summed E-state index contributed by atoms with van der Waals surface area (Å²) >= 11 is 0. The van der Waals surface area contributed by atoms with Crippen molar-refractivity contribution in [3.05, 3.63) is 22.8 Å². The monoisotopic (exact) mass is 280 g/mol. The average Bonchev–Trinajstić information content (AvgIpc) is 2.37. The van der Waals surface area contributed by atoms with Gasteiger partial charge in [0, 0.05) is 18.3 Å². The highest BCUT2D eigenvalue weighted by molar-refractivity contribution is 5.44. The van der Waals surface area contributed by atoms with Crippen LogP contribution in [0.1, 0.15) is 33.6 Å². The topological polar surface area (TPSA) is 9.23 Å². The molecule has 0 saturated heterocycles. The Bertz CT molecular complexity index is 398. The molecule has 0 radical (unpaired) electrons. The van der Waals surface area contributed by atoms with Gasteiger partial charge in [-0.25, -0.2) is 17.6 Å². The van der Waals surface area contributed by atoms with E-state index < -0.39 is 41.2 Å². The molecule has 1 unspecified atom stereocenters. The number of halogens is 4. The largest absolute Gasteiger partial charge is 0.380 e. The first-order chi connectivity index (χ1) is 8.77. The second-order valence-corrected chi connectivity index (χ2v) is 5.22. The molecule has 1 rings (SSSR count). The Morgan fingerprint density at radius 1 is 1.32 bits per heavy atom. The van der Waals surface area contributed by atoms with Crippen LogP contribution in [0.3, 0.4) is 0 Å². The Labute approximate surface area is 111 Å². The van der Waals surface area contributed by atoms with Gasteiger partial charge >= 0.3 is 0 Å². The van der Waals surface area contributed by atoms with Crippen molar-refractivity contribution in [1.82, 2.24) is 0 Å². The van der Waals surface area contributed by atoms with Crippen molar-refractivity contribution in [3.8, 4) is 0 Å². The SMILES string of the molecule is CC[C@@H](C)CC1=C(F)C(F)=C(COC)C(F)[C@@]1(C)F. The van der Waals surface area contributed by atoms with Crippen LogP contribution in [-0.4, -0.2) is 25.6 Å². The maximum atomic E-state index is 14.5. The number of hydrogen-bond donors (Lipinski definition) is 0. The van der Waals surface area contributed by atoms with Crippen molar-refractivity contribution >= 4 is 0 Å². The first-order valence-electron chi connectivity index (χ1n) is 6.37. The smallest absolute Gasteiger partial charge is 0.167 e. The second kappa shape index (κ2) is 6.07. The second-order valence-electron chi connectivity index (χ2n) is 5.22. The zero-order chi connectivity index (χ0) is 14.8. The minimum atomic E-state index is -2.53. The number of alkyl halides is 2. The number of methoxy groups -OCH3 is 1. The molecule has 1 aliphatic rings. The van der Waals surface area contributed by atoms with Crippen molar-refractivity contribution in [2.45, 2.75) is 45.5 Å². The average molecular weight is 280 g/mol. The van der Waals surface area contributed by atoms with Crippen LogP contribution in [0.15, 0.2) is 22.8 Å². The molecule has 5 heteroatoms. The van der Waals surface area contributed by atoms with Crippen molar-refractivity contribution in [3.63, 3.8) is 0 Å². The number of rotatable bonds is 5. The summed E-state index contributed by atoms with van der Waals surface area (Å²) in [6.45, 7) is 4.14. The first kappa shape index (κ1) is 16.2. The molecule has 1 aliphatic carbocycles. The van der Waals surface area contributed by atoms with Gasteiger partial charge in [0.05, 0.1) is 6.61 Å². The van der Waals surface area contributed by atoms with E-state index in [9.17, 15) is 17.6 Å². The van der Waals surface area contributed by atoms with Gasteiger partial charge in [0.2, 0.25) is 0 Å². The summed E-state index contributed by atoms with van der Waals surface area (Å²) in [7, 11) is 1.22. The minimum Gasteiger partial charge on any atom is -0.380 e. The lowest BCUT2D eigenvalue weighted by atomic mass is 9.79. The van der Waals surface area contributed by atoms with Crippen LogP contribution >= 0.6 is 0 Å². The normalized spacial score (nSPS) is 30.0. The predicted octanol–water partition coefficient (Wildman–Crippen LogP) is 4.60. The Morgan fingerprint density at radius 2 is 1.89 bits per heavy atom. The summed E-state index contributed by atoms with van der Waals surface area (Å²) < 4.78 is 60.9. The van der Waals surface area contributed by atoms with E-state index in [1.165, 1.54) is 7.11 Å². The third-order valence-corrected chi connectivity index (χ3v) is 3.66. The number of ether oxygens (including phenoxy) is 1. The standard InChI is InChI=1S/C14H20F4O/c1-5-8(2)6-10-12(16)11(15)9(7-19-4)13(17)14(10,3)18/h8,13H,5-7H2,1-4H3/t8-,13?,14+/m1/s1. The third-order valence-electron chi connectivity index (χ3n) is 3.66. The molecule has 0 spiro atoms. The van der Waals surface area contributed by atoms with Crippen LogP contribution in [0.2, 0.25) is 0 Å². The van der Waals surface area contributed by atoms with E-state index in [0.717, 1.165) is 6.92 Å². The van der Waals surface area contributed by atoms with Crippen LogP contribution in [-0.2, 0) is 4.74 Å². The van der Waals surface area contributed by atoms with Gasteiger partial charge < -0.3 is 4.74 Å². The molecule has 0 aromatic heterocycles. The van der Waals surface area contributed by atoms with Gasteiger partial charge in [0.15, 0.2) is 23.5 Å². The molecule has 0 aromatic carbocycles. The fourth-order valence-corrected chi connectivity index (χ4v) is 2.15. The van der Waals surface area contributed by atoms with Crippen LogP contribution in [0.4, 0.5) is 17.6 Å². The van der Waals surface area contributed by atoms with Gasteiger partial charge in [0.1, 0.15) is 0 Å². The van der Waals surface area contributed by atoms with Crippen molar-refractivity contribution in [2.75, 3.05) is 13.7 Å². The Morgan fingerprint density at radius 3 is 2.37 bits per heavy atom. The van der Waals surface area contributed by atoms with Crippen LogP contribution in [0.25, 0.3) is 0 Å². The molecule has 0 aromatic rings. The minimum absolute atomic E-state index is 0.00341. The highest BCUT2D eigenvalue weighted by atomic mass is 19.2. The molecule has 0 heterocycles. The molecule has 1 nitrogen and oxygen atoms in total. The fourth-order valence-electron chi connectivity index (χ4n) is 2.15. The Kier molecular flexibility index (Phi) is 5.18. The molecule has 110 valence electrons. The molecule has 0 aliphatic heterocycles. The zero-order valence-electron chi connectivity index (χ0n) is 11.7. The molecule has 0 N–H and O–H groups in total. The van der Waals surface area contributed by atoms with Crippen LogP contribution < -0.4 is 0 Å². The van der Waals surface area contributed by atoms with Crippen molar-refractivity contribution in [2.24, 2.45) is 5.92 Å². The summed E-state index contributed by atoms with van der Waals surface area (Å²) in [6.07, 6.45) is -1.53. The van der Waals surface area contributed by atoms with Crippen molar-refractivity contribution in [1.29, 1.82) is 0 Å². The molecular formula is C14H20F4O. The lowest BCUT2D eigenvalue weighted by Crippen LogP contribution is -2.40. The Balaban J connectivity index is 3.25. The van der Waals surface area contributed by atoms with E-state index in [-0.39, 0.29) is 12.3 Å². The lowest BCUT2D eigenvalue weighted by Gasteiger charge is -2.34. The Hall–Kier alpha value is -0.840. The summed E-state index contributed by atoms with van der Waals surface area (Å²) in [6, 6.07) is 0. The van der Waals surface area contributed by atoms with E-state index in [2.05, 4.69) is 4.74 Å². The predicted molar refractivity (Wildman–Crippen MR) is 66.6 cm³/mol. The van der Waals surface area contributed by atoms with E-state index in [1.807, 2.05) is 6.92 Å². The highest BCUT2D eigenvalue weighted by Gasteiger charge is 2.48. The quantitative estimate of drug-likeness (QED) is 0.669. The molecule has 0 fully saturated rings. The summed E-state index contributed by atoms with van der Waals surface area (Å²) in [5.74, 6) is -2.63. The van der Waals surface area contributed by atoms with Crippen LogP contribution in [0, 0.1) is 5.92 Å². The molecule has 0 bridgehead atoms. The molecule has 0 amide bonds. The molecular weight excluding hydrogens is 260 g/mol. The van der Waals surface area contributed by atoms with Crippen molar-refractivity contribution < 1.29 is 22.3 Å². The van der Waals surface area contributed by atoms with E-state index in [0.29, 0.717) is 6.42 Å². The molecule has 19 heavy (non-hydrogen) atoms. The summed E-state index contributed by atoms with van der Waals surface area (Å²) in [5.41, 5.74) is -3.55. The van der Waals surface area contributed by atoms with Gasteiger partial charge in [-0.15, -0.1) is 0 Å². The lowest BCUT2D eigenvalue weighted by molar-refractivity contribution is 0.0912. The molecule has 0 saturated carbocycles. The summed E-state index contributed by atoms with van der Waals surface area (Å²) in [4.78, 5) is 0. The van der Waals surface area contributed by atoms with Gasteiger partial charge in [-0.2, -0.15) is 0 Å². The van der Waals surface area contributed by atoms with Gasteiger partial charge in [-0.1, -0.05) is 20.3 Å². The van der Waals surface area contributed by atoms with E-state index in [4.69, 9.17) is 0 Å².